The number of likely N-dealkylation sites (tertiary alicyclic amines) is 1. The molecule has 2 heterocycles. The van der Waals surface area contributed by atoms with Gasteiger partial charge in [0.1, 0.15) is 6.54 Å². The lowest BCUT2D eigenvalue weighted by atomic mass is 9.99. The van der Waals surface area contributed by atoms with Gasteiger partial charge in [0.15, 0.2) is 5.96 Å². The Bertz CT molecular complexity index is 519. The van der Waals surface area contributed by atoms with E-state index in [1.54, 1.807) is 19.0 Å². The number of carbonyl (C=O) groups excluding carboxylic acids is 1. The summed E-state index contributed by atoms with van der Waals surface area (Å²) in [5, 5.41) is 3.58. The van der Waals surface area contributed by atoms with Gasteiger partial charge in [0, 0.05) is 40.3 Å². The number of hydrogen-bond acceptors (Lipinski definition) is 4. The van der Waals surface area contributed by atoms with E-state index < -0.39 is 0 Å². The largest absolute Gasteiger partial charge is 0.376 e. The fourth-order valence-electron chi connectivity index (χ4n) is 3.98. The first-order chi connectivity index (χ1) is 14.5. The second kappa shape index (κ2) is 16.1. The molecule has 1 amide bonds. The molecule has 2 aliphatic rings. The molecule has 7 nitrogen and oxygen atoms in total. The Morgan fingerprint density at radius 2 is 2.00 bits per heavy atom. The van der Waals surface area contributed by atoms with Crippen molar-refractivity contribution in [3.05, 3.63) is 0 Å². The van der Waals surface area contributed by atoms with Crippen molar-refractivity contribution in [3.8, 4) is 0 Å². The van der Waals surface area contributed by atoms with Crippen LogP contribution in [-0.2, 0) is 14.3 Å². The van der Waals surface area contributed by atoms with Crippen LogP contribution in [0.2, 0.25) is 0 Å². The number of guanidine groups is 1. The molecule has 0 aromatic rings. The maximum Gasteiger partial charge on any atom is 0.243 e. The van der Waals surface area contributed by atoms with E-state index in [0.717, 1.165) is 70.9 Å². The summed E-state index contributed by atoms with van der Waals surface area (Å²) in [6, 6.07) is 0. The summed E-state index contributed by atoms with van der Waals surface area (Å²) in [4.78, 5) is 20.6. The number of rotatable bonds is 11. The Hall–Kier alpha value is -0.610. The molecule has 2 fully saturated rings. The van der Waals surface area contributed by atoms with Gasteiger partial charge >= 0.3 is 0 Å². The van der Waals surface area contributed by atoms with Crippen LogP contribution in [-0.4, -0.2) is 87.4 Å². The van der Waals surface area contributed by atoms with Crippen LogP contribution >= 0.6 is 24.0 Å². The lowest BCUT2D eigenvalue weighted by molar-refractivity contribution is -0.127. The zero-order chi connectivity index (χ0) is 21.8. The van der Waals surface area contributed by atoms with Gasteiger partial charge < -0.3 is 24.6 Å². The van der Waals surface area contributed by atoms with E-state index in [0.29, 0.717) is 12.0 Å². The van der Waals surface area contributed by atoms with E-state index in [1.165, 1.54) is 19.3 Å². The van der Waals surface area contributed by atoms with Crippen molar-refractivity contribution < 1.29 is 14.3 Å². The molecule has 31 heavy (non-hydrogen) atoms. The van der Waals surface area contributed by atoms with Crippen LogP contribution < -0.4 is 5.32 Å². The van der Waals surface area contributed by atoms with Crippen molar-refractivity contribution in [1.82, 2.24) is 15.1 Å². The maximum atomic E-state index is 12.1. The molecule has 2 aliphatic heterocycles. The first-order valence-electron chi connectivity index (χ1n) is 12.0. The van der Waals surface area contributed by atoms with Gasteiger partial charge in [0.05, 0.1) is 18.8 Å². The average molecular weight is 553 g/mol. The summed E-state index contributed by atoms with van der Waals surface area (Å²) in [7, 11) is 3.55. The topological polar surface area (TPSA) is 66.4 Å². The molecule has 182 valence electrons. The van der Waals surface area contributed by atoms with E-state index in [4.69, 9.17) is 9.47 Å². The molecule has 0 radical (unpaired) electrons. The second-order valence-electron chi connectivity index (χ2n) is 8.88. The van der Waals surface area contributed by atoms with Crippen molar-refractivity contribution in [2.75, 3.05) is 53.5 Å². The molecule has 2 atom stereocenters. The minimum atomic E-state index is 0. The minimum absolute atomic E-state index is 0. The predicted molar refractivity (Wildman–Crippen MR) is 137 cm³/mol. The zero-order valence-electron chi connectivity index (χ0n) is 20.1. The molecule has 8 heteroatoms. The average Bonchev–Trinajstić information content (AvgIpc) is 3.28. The quantitative estimate of drug-likeness (QED) is 0.242. The third-order valence-electron chi connectivity index (χ3n) is 6.24. The Kier molecular flexibility index (Phi) is 14.7. The normalized spacial score (nSPS) is 21.0. The highest BCUT2D eigenvalue weighted by atomic mass is 127. The Morgan fingerprint density at radius 3 is 2.58 bits per heavy atom. The molecule has 2 saturated heterocycles. The molecule has 2 rings (SSSR count). The number of nitrogens with one attached hydrogen (secondary N) is 1. The number of aliphatic imine (C=N–C) groups is 1. The third kappa shape index (κ3) is 10.7. The number of unbranched alkanes of at least 4 members (excludes halogenated alkanes) is 1. The van der Waals surface area contributed by atoms with Crippen LogP contribution in [0, 0.1) is 5.92 Å². The fourth-order valence-corrected chi connectivity index (χ4v) is 3.98. The SMILES string of the molecule is CCCCC(CC)CNC(=NCC(=O)N(C)C)N1CCC(OCC2CCCO2)CC1.I. The third-order valence-corrected chi connectivity index (χ3v) is 6.24. The van der Waals surface area contributed by atoms with Crippen LogP contribution in [0.15, 0.2) is 4.99 Å². The van der Waals surface area contributed by atoms with Crippen molar-refractivity contribution in [2.45, 2.75) is 77.4 Å². The first-order valence-corrected chi connectivity index (χ1v) is 12.0. The predicted octanol–water partition coefficient (Wildman–Crippen LogP) is 3.51. The van der Waals surface area contributed by atoms with Crippen molar-refractivity contribution >= 4 is 35.8 Å². The van der Waals surface area contributed by atoms with E-state index in [9.17, 15) is 4.79 Å². The van der Waals surface area contributed by atoms with Crippen LogP contribution in [0.4, 0.5) is 0 Å². The molecular weight excluding hydrogens is 507 g/mol. The van der Waals surface area contributed by atoms with Gasteiger partial charge in [-0.3, -0.25) is 4.79 Å². The molecule has 2 unspecified atom stereocenters. The van der Waals surface area contributed by atoms with Crippen LogP contribution in [0.3, 0.4) is 0 Å². The highest BCUT2D eigenvalue weighted by molar-refractivity contribution is 14.0. The van der Waals surface area contributed by atoms with Crippen LogP contribution in [0.5, 0.6) is 0 Å². The molecular formula is C23H45IN4O3. The number of carbonyl (C=O) groups is 1. The molecule has 0 saturated carbocycles. The molecule has 0 spiro atoms. The fraction of sp³-hybridized carbons (Fsp3) is 0.913. The first kappa shape index (κ1) is 28.4. The van der Waals surface area contributed by atoms with E-state index in [2.05, 4.69) is 29.1 Å². The van der Waals surface area contributed by atoms with Gasteiger partial charge in [-0.15, -0.1) is 24.0 Å². The molecule has 1 N–H and O–H groups in total. The van der Waals surface area contributed by atoms with Gasteiger partial charge in [-0.1, -0.05) is 33.1 Å². The van der Waals surface area contributed by atoms with Crippen molar-refractivity contribution in [3.63, 3.8) is 0 Å². The number of nitrogens with zero attached hydrogens (tertiary/aromatic N) is 3. The number of likely N-dealkylation sites (N-methyl/N-ethyl adjacent to an activating group) is 1. The Labute approximate surface area is 206 Å². The van der Waals surface area contributed by atoms with Gasteiger partial charge in [0.2, 0.25) is 5.91 Å². The molecule has 0 aliphatic carbocycles. The van der Waals surface area contributed by atoms with Gasteiger partial charge in [-0.2, -0.15) is 0 Å². The minimum Gasteiger partial charge on any atom is -0.376 e. The van der Waals surface area contributed by atoms with Gasteiger partial charge in [0.25, 0.3) is 0 Å². The number of halogens is 1. The second-order valence-corrected chi connectivity index (χ2v) is 8.88. The standard InChI is InChI=1S/C23H44N4O3.HI/c1-5-7-9-19(6-2)16-24-23(25-17-22(28)26(3)4)27-13-11-20(12-14-27)30-18-21-10-8-15-29-21;/h19-21H,5-18H2,1-4H3,(H,24,25);1H. The zero-order valence-corrected chi connectivity index (χ0v) is 22.4. The summed E-state index contributed by atoms with van der Waals surface area (Å²) < 4.78 is 11.8. The smallest absolute Gasteiger partial charge is 0.243 e. The van der Waals surface area contributed by atoms with Crippen LogP contribution in [0.1, 0.15) is 65.2 Å². The van der Waals surface area contributed by atoms with Crippen molar-refractivity contribution in [2.24, 2.45) is 10.9 Å². The van der Waals surface area contributed by atoms with E-state index in [1.807, 2.05) is 0 Å². The maximum absolute atomic E-state index is 12.1. The summed E-state index contributed by atoms with van der Waals surface area (Å²) in [6.45, 7) is 9.01. The number of amides is 1. The summed E-state index contributed by atoms with van der Waals surface area (Å²) in [5.74, 6) is 1.55. The monoisotopic (exact) mass is 552 g/mol. The van der Waals surface area contributed by atoms with Gasteiger partial charge in [-0.25, -0.2) is 4.99 Å². The van der Waals surface area contributed by atoms with Gasteiger partial charge in [-0.05, 0) is 38.0 Å². The highest BCUT2D eigenvalue weighted by Crippen LogP contribution is 2.18. The lowest BCUT2D eigenvalue weighted by Crippen LogP contribution is -2.48. The number of ether oxygens (including phenoxy) is 2. The Morgan fingerprint density at radius 1 is 1.26 bits per heavy atom. The number of piperidine rings is 1. The number of hydrogen-bond donors (Lipinski definition) is 1. The Balaban J connectivity index is 0.00000480. The van der Waals surface area contributed by atoms with Crippen LogP contribution in [0.25, 0.3) is 0 Å². The lowest BCUT2D eigenvalue weighted by Gasteiger charge is -2.35. The molecule has 0 aromatic carbocycles. The summed E-state index contributed by atoms with van der Waals surface area (Å²) in [5.41, 5.74) is 0. The van der Waals surface area contributed by atoms with E-state index in [-0.39, 0.29) is 42.5 Å². The highest BCUT2D eigenvalue weighted by Gasteiger charge is 2.25. The van der Waals surface area contributed by atoms with Crippen molar-refractivity contribution in [1.29, 1.82) is 0 Å². The van der Waals surface area contributed by atoms with E-state index >= 15 is 0 Å². The molecule has 0 aromatic heterocycles. The molecule has 0 bridgehead atoms. The summed E-state index contributed by atoms with van der Waals surface area (Å²) >= 11 is 0. The summed E-state index contributed by atoms with van der Waals surface area (Å²) in [6.07, 6.45) is 9.73.